The van der Waals surface area contributed by atoms with Crippen LogP contribution in [-0.2, 0) is 29.5 Å². The number of amides is 2. The molecule has 4 rings (SSSR count). The first-order valence-electron chi connectivity index (χ1n) is 12.0. The SMILES string of the molecule is CC(C)NC(=O)NCCc1nc2cc(S(=O)(=O)NCc3ccc(F)cc3)ccc2n1Cc1ccccc1. The first kappa shape index (κ1) is 26.3. The molecule has 8 nitrogen and oxygen atoms in total. The molecule has 4 aromatic rings. The molecule has 1 heterocycles. The molecule has 0 unspecified atom stereocenters. The van der Waals surface area contributed by atoms with Crippen molar-refractivity contribution in [1.29, 1.82) is 0 Å². The fraction of sp³-hybridized carbons (Fsp3) is 0.259. The molecule has 2 amide bonds. The predicted molar refractivity (Wildman–Crippen MR) is 141 cm³/mol. The minimum atomic E-state index is -3.82. The molecule has 0 aliphatic rings. The van der Waals surface area contributed by atoms with Crippen LogP contribution in [0.2, 0.25) is 0 Å². The van der Waals surface area contributed by atoms with Gasteiger partial charge in [-0.2, -0.15) is 0 Å². The van der Waals surface area contributed by atoms with Gasteiger partial charge in [-0.05, 0) is 55.3 Å². The number of carbonyl (C=O) groups excluding carboxylic acids is 1. The van der Waals surface area contributed by atoms with Gasteiger partial charge in [-0.15, -0.1) is 0 Å². The van der Waals surface area contributed by atoms with Gasteiger partial charge in [0.05, 0.1) is 15.9 Å². The largest absolute Gasteiger partial charge is 0.338 e. The second kappa shape index (κ2) is 11.5. The number of aromatic nitrogens is 2. The fourth-order valence-corrected chi connectivity index (χ4v) is 4.96. The standard InChI is InChI=1S/C27H30FN5O3S/c1-19(2)31-27(34)29-15-14-26-32-24-16-23(37(35,36)30-17-20-8-10-22(28)11-9-20)12-13-25(24)33(26)18-21-6-4-3-5-7-21/h3-13,16,19,30H,14-15,17-18H2,1-2H3,(H2,29,31,34). The van der Waals surface area contributed by atoms with E-state index in [0.717, 1.165) is 16.9 Å². The molecule has 0 spiro atoms. The molecule has 0 saturated carbocycles. The molecule has 0 radical (unpaired) electrons. The maximum atomic E-state index is 13.1. The van der Waals surface area contributed by atoms with E-state index in [1.54, 1.807) is 18.2 Å². The summed E-state index contributed by atoms with van der Waals surface area (Å²) in [5.41, 5.74) is 3.06. The van der Waals surface area contributed by atoms with Crippen LogP contribution in [0, 0.1) is 5.82 Å². The van der Waals surface area contributed by atoms with Crippen LogP contribution in [0.25, 0.3) is 11.0 Å². The highest BCUT2D eigenvalue weighted by molar-refractivity contribution is 7.89. The smallest absolute Gasteiger partial charge is 0.314 e. The van der Waals surface area contributed by atoms with Gasteiger partial charge < -0.3 is 15.2 Å². The number of carbonyl (C=O) groups is 1. The maximum absolute atomic E-state index is 13.1. The molecular weight excluding hydrogens is 493 g/mol. The lowest BCUT2D eigenvalue weighted by molar-refractivity contribution is 0.238. The van der Waals surface area contributed by atoms with Crippen molar-refractivity contribution in [3.05, 3.63) is 95.6 Å². The normalized spacial score (nSPS) is 11.7. The van der Waals surface area contributed by atoms with E-state index in [4.69, 9.17) is 4.98 Å². The Morgan fingerprint density at radius 1 is 1.00 bits per heavy atom. The molecular formula is C27H30FN5O3S. The quantitative estimate of drug-likeness (QED) is 0.293. The van der Waals surface area contributed by atoms with Crippen molar-refractivity contribution >= 4 is 27.1 Å². The van der Waals surface area contributed by atoms with Crippen molar-refractivity contribution in [1.82, 2.24) is 24.9 Å². The first-order valence-corrected chi connectivity index (χ1v) is 13.5. The molecule has 3 aromatic carbocycles. The molecule has 0 aliphatic heterocycles. The van der Waals surface area contributed by atoms with E-state index >= 15 is 0 Å². The van der Waals surface area contributed by atoms with Crippen molar-refractivity contribution in [2.45, 2.75) is 44.3 Å². The molecule has 0 aliphatic carbocycles. The number of rotatable bonds is 10. The highest BCUT2D eigenvalue weighted by atomic mass is 32.2. The second-order valence-electron chi connectivity index (χ2n) is 9.01. The minimum Gasteiger partial charge on any atom is -0.338 e. The highest BCUT2D eigenvalue weighted by Gasteiger charge is 2.18. The van der Waals surface area contributed by atoms with Crippen molar-refractivity contribution in [2.75, 3.05) is 6.54 Å². The van der Waals surface area contributed by atoms with Gasteiger partial charge in [-0.1, -0.05) is 42.5 Å². The Kier molecular flexibility index (Phi) is 8.20. The zero-order chi connectivity index (χ0) is 26.4. The van der Waals surface area contributed by atoms with Crippen LogP contribution in [0.4, 0.5) is 9.18 Å². The number of hydrogen-bond acceptors (Lipinski definition) is 4. The molecule has 37 heavy (non-hydrogen) atoms. The Hall–Kier alpha value is -3.76. The number of sulfonamides is 1. The van der Waals surface area contributed by atoms with E-state index in [2.05, 4.69) is 15.4 Å². The van der Waals surface area contributed by atoms with E-state index in [0.29, 0.717) is 30.6 Å². The summed E-state index contributed by atoms with van der Waals surface area (Å²) in [4.78, 5) is 16.8. The van der Waals surface area contributed by atoms with Crippen LogP contribution in [0.3, 0.4) is 0 Å². The number of nitrogens with zero attached hydrogens (tertiary/aromatic N) is 2. The van der Waals surface area contributed by atoms with Crippen LogP contribution in [0.5, 0.6) is 0 Å². The van der Waals surface area contributed by atoms with Gasteiger partial charge >= 0.3 is 6.03 Å². The number of fused-ring (bicyclic) bond motifs is 1. The van der Waals surface area contributed by atoms with E-state index in [1.165, 1.54) is 24.3 Å². The number of hydrogen-bond donors (Lipinski definition) is 3. The summed E-state index contributed by atoms with van der Waals surface area (Å²) in [7, 11) is -3.82. The molecule has 3 N–H and O–H groups in total. The zero-order valence-corrected chi connectivity index (χ0v) is 21.6. The number of urea groups is 1. The predicted octanol–water partition coefficient (Wildman–Crippen LogP) is 3.95. The van der Waals surface area contributed by atoms with Gasteiger partial charge in [-0.25, -0.2) is 27.3 Å². The lowest BCUT2D eigenvalue weighted by Gasteiger charge is -2.12. The lowest BCUT2D eigenvalue weighted by Crippen LogP contribution is -2.40. The molecule has 0 fully saturated rings. The number of benzene rings is 3. The summed E-state index contributed by atoms with van der Waals surface area (Å²) >= 11 is 0. The van der Waals surface area contributed by atoms with Gasteiger partial charge in [0, 0.05) is 32.1 Å². The third kappa shape index (κ3) is 6.93. The second-order valence-corrected chi connectivity index (χ2v) is 10.8. The van der Waals surface area contributed by atoms with Gasteiger partial charge in [0.1, 0.15) is 11.6 Å². The Bertz CT molecular complexity index is 1470. The summed E-state index contributed by atoms with van der Waals surface area (Å²) in [6, 6.07) is 20.2. The average Bonchev–Trinajstić information content (AvgIpc) is 3.20. The van der Waals surface area contributed by atoms with Crippen LogP contribution >= 0.6 is 0 Å². The molecule has 0 saturated heterocycles. The first-order chi connectivity index (χ1) is 17.7. The van der Waals surface area contributed by atoms with Crippen molar-refractivity contribution < 1.29 is 17.6 Å². The summed E-state index contributed by atoms with van der Waals surface area (Å²) in [5.74, 6) is 0.354. The lowest BCUT2D eigenvalue weighted by atomic mass is 10.2. The molecule has 10 heteroatoms. The van der Waals surface area contributed by atoms with Crippen molar-refractivity contribution in [3.8, 4) is 0 Å². The monoisotopic (exact) mass is 523 g/mol. The highest BCUT2D eigenvalue weighted by Crippen LogP contribution is 2.22. The number of nitrogens with one attached hydrogen (secondary N) is 3. The third-order valence-electron chi connectivity index (χ3n) is 5.73. The van der Waals surface area contributed by atoms with Gasteiger partial charge in [0.25, 0.3) is 0 Å². The van der Waals surface area contributed by atoms with Crippen molar-refractivity contribution in [2.24, 2.45) is 0 Å². The topological polar surface area (TPSA) is 105 Å². The Balaban J connectivity index is 1.58. The Morgan fingerprint density at radius 3 is 2.43 bits per heavy atom. The summed E-state index contributed by atoms with van der Waals surface area (Å²) in [6.45, 7) is 4.75. The Labute approximate surface area is 216 Å². The molecule has 0 bridgehead atoms. The van der Waals surface area contributed by atoms with Gasteiger partial charge in [0.15, 0.2) is 0 Å². The average molecular weight is 524 g/mol. The van der Waals surface area contributed by atoms with Crippen LogP contribution in [-0.4, -0.2) is 36.6 Å². The van der Waals surface area contributed by atoms with E-state index in [-0.39, 0.29) is 29.3 Å². The Morgan fingerprint density at radius 2 is 1.73 bits per heavy atom. The van der Waals surface area contributed by atoms with Gasteiger partial charge in [0.2, 0.25) is 10.0 Å². The summed E-state index contributed by atoms with van der Waals surface area (Å²) in [5, 5.41) is 5.63. The molecule has 194 valence electrons. The zero-order valence-electron chi connectivity index (χ0n) is 20.7. The number of imidazole rings is 1. The van der Waals surface area contributed by atoms with Crippen molar-refractivity contribution in [3.63, 3.8) is 0 Å². The maximum Gasteiger partial charge on any atom is 0.314 e. The fourth-order valence-electron chi connectivity index (χ4n) is 3.92. The molecule has 0 atom stereocenters. The van der Waals surface area contributed by atoms with E-state index in [9.17, 15) is 17.6 Å². The van der Waals surface area contributed by atoms with Crippen LogP contribution in [0.15, 0.2) is 77.7 Å². The van der Waals surface area contributed by atoms with Crippen LogP contribution in [0.1, 0.15) is 30.8 Å². The minimum absolute atomic E-state index is 0.0275. The van der Waals surface area contributed by atoms with E-state index in [1.807, 2.05) is 48.7 Å². The summed E-state index contributed by atoms with van der Waals surface area (Å²) < 4.78 is 43.7. The van der Waals surface area contributed by atoms with Gasteiger partial charge in [-0.3, -0.25) is 0 Å². The van der Waals surface area contributed by atoms with Crippen LogP contribution < -0.4 is 15.4 Å². The summed E-state index contributed by atoms with van der Waals surface area (Å²) in [6.07, 6.45) is 0.470. The number of halogens is 1. The van der Waals surface area contributed by atoms with E-state index < -0.39 is 10.0 Å². The molecule has 1 aromatic heterocycles. The third-order valence-corrected chi connectivity index (χ3v) is 7.12.